The van der Waals surface area contributed by atoms with Crippen LogP contribution in [0, 0.1) is 5.92 Å². The molecule has 0 aromatic carbocycles. The summed E-state index contributed by atoms with van der Waals surface area (Å²) in [7, 11) is 0. The smallest absolute Gasteiger partial charge is 0.257 e. The zero-order valence-electron chi connectivity index (χ0n) is 10.7. The van der Waals surface area contributed by atoms with Gasteiger partial charge in [-0.25, -0.2) is 4.39 Å². The van der Waals surface area contributed by atoms with E-state index < -0.39 is 12.2 Å². The minimum atomic E-state index is -1.30. The van der Waals surface area contributed by atoms with Crippen LogP contribution in [0.2, 0.25) is 0 Å². The van der Waals surface area contributed by atoms with E-state index in [1.54, 1.807) is 12.3 Å². The normalized spacial score (nSPS) is 26.1. The highest BCUT2D eigenvalue weighted by atomic mass is 19.1. The number of hydrogen-bond acceptors (Lipinski definition) is 2. The van der Waals surface area contributed by atoms with Crippen molar-refractivity contribution in [2.45, 2.75) is 45.3 Å². The van der Waals surface area contributed by atoms with Gasteiger partial charge in [0.25, 0.3) is 5.56 Å². The van der Waals surface area contributed by atoms with Crippen molar-refractivity contribution >= 4 is 5.78 Å². The molecule has 3 nitrogen and oxygen atoms in total. The Hall–Kier alpha value is -1.45. The molecule has 2 rings (SSSR count). The number of pyridine rings is 1. The third kappa shape index (κ3) is 2.37. The molecule has 1 aliphatic rings. The first-order valence-electron chi connectivity index (χ1n) is 6.38. The number of halogens is 1. The maximum atomic E-state index is 13.3. The van der Waals surface area contributed by atoms with E-state index in [4.69, 9.17) is 0 Å². The summed E-state index contributed by atoms with van der Waals surface area (Å²) in [5, 5.41) is 0. The number of nitrogens with zero attached hydrogens (tertiary/aromatic N) is 1. The number of ketones is 1. The molecule has 1 fully saturated rings. The van der Waals surface area contributed by atoms with Crippen LogP contribution >= 0.6 is 0 Å². The summed E-state index contributed by atoms with van der Waals surface area (Å²) in [5.41, 5.74) is -0.247. The number of hydrogen-bond donors (Lipinski definition) is 0. The van der Waals surface area contributed by atoms with Crippen LogP contribution in [-0.4, -0.2) is 10.4 Å². The van der Waals surface area contributed by atoms with Gasteiger partial charge in [0, 0.05) is 12.6 Å². The van der Waals surface area contributed by atoms with Gasteiger partial charge in [0.15, 0.2) is 5.78 Å². The van der Waals surface area contributed by atoms with Crippen LogP contribution in [0.15, 0.2) is 23.1 Å². The maximum absolute atomic E-state index is 13.3. The molecule has 0 N–H and O–H groups in total. The van der Waals surface area contributed by atoms with Gasteiger partial charge in [-0.2, -0.15) is 0 Å². The van der Waals surface area contributed by atoms with Crippen LogP contribution in [-0.2, 0) is 4.79 Å². The molecule has 1 aliphatic carbocycles. The molecule has 0 spiro atoms. The van der Waals surface area contributed by atoms with Crippen molar-refractivity contribution in [2.24, 2.45) is 5.92 Å². The molecule has 4 heteroatoms. The number of Topliss-reactive ketones (excluding diaryl/α,β-unsaturated/α-hetero) is 1. The minimum Gasteiger partial charge on any atom is -0.305 e. The number of alkyl halides is 1. The van der Waals surface area contributed by atoms with Crippen LogP contribution in [0.3, 0.4) is 0 Å². The summed E-state index contributed by atoms with van der Waals surface area (Å²) in [5.74, 6) is 0.505. The Kier molecular flexibility index (Phi) is 3.64. The lowest BCUT2D eigenvalue weighted by atomic mass is 9.86. The number of aromatic nitrogens is 1. The summed E-state index contributed by atoms with van der Waals surface area (Å²) in [4.78, 5) is 24.1. The Labute approximate surface area is 106 Å². The van der Waals surface area contributed by atoms with E-state index in [-0.39, 0.29) is 16.9 Å². The van der Waals surface area contributed by atoms with E-state index in [0.29, 0.717) is 18.8 Å². The minimum absolute atomic E-state index is 0.0823. The van der Waals surface area contributed by atoms with Crippen LogP contribution in [0.25, 0.3) is 0 Å². The molecule has 3 unspecified atom stereocenters. The van der Waals surface area contributed by atoms with E-state index in [0.717, 1.165) is 6.42 Å². The van der Waals surface area contributed by atoms with Crippen molar-refractivity contribution in [1.29, 1.82) is 0 Å². The van der Waals surface area contributed by atoms with Crippen LogP contribution < -0.4 is 5.56 Å². The first-order valence-corrected chi connectivity index (χ1v) is 6.38. The predicted octanol–water partition coefficient (Wildman–Crippen LogP) is 2.81. The van der Waals surface area contributed by atoms with Gasteiger partial charge >= 0.3 is 0 Å². The first kappa shape index (κ1) is 13.0. The SMILES string of the molecule is CC1CCC(=O)C(n2cccc(C(C)F)c2=O)C1. The van der Waals surface area contributed by atoms with Crippen molar-refractivity contribution in [3.05, 3.63) is 34.2 Å². The largest absolute Gasteiger partial charge is 0.305 e. The van der Waals surface area contributed by atoms with Gasteiger partial charge in [-0.05, 0) is 37.8 Å². The Morgan fingerprint density at radius 2 is 2.17 bits per heavy atom. The van der Waals surface area contributed by atoms with Crippen LogP contribution in [0.4, 0.5) is 4.39 Å². The monoisotopic (exact) mass is 251 g/mol. The van der Waals surface area contributed by atoms with Gasteiger partial charge in [-0.1, -0.05) is 6.92 Å². The summed E-state index contributed by atoms with van der Waals surface area (Å²) in [6.45, 7) is 3.42. The molecule has 3 atom stereocenters. The second-order valence-corrected chi connectivity index (χ2v) is 5.15. The lowest BCUT2D eigenvalue weighted by molar-refractivity contribution is -0.124. The van der Waals surface area contributed by atoms with E-state index >= 15 is 0 Å². The summed E-state index contributed by atoms with van der Waals surface area (Å²) < 4.78 is 14.7. The van der Waals surface area contributed by atoms with E-state index in [9.17, 15) is 14.0 Å². The van der Waals surface area contributed by atoms with Gasteiger partial charge in [0.05, 0.1) is 11.6 Å². The van der Waals surface area contributed by atoms with E-state index in [1.807, 2.05) is 0 Å². The zero-order chi connectivity index (χ0) is 13.3. The highest BCUT2D eigenvalue weighted by molar-refractivity contribution is 5.83. The molecule has 18 heavy (non-hydrogen) atoms. The second kappa shape index (κ2) is 5.04. The molecule has 0 bridgehead atoms. The molecule has 98 valence electrons. The van der Waals surface area contributed by atoms with Crippen LogP contribution in [0.5, 0.6) is 0 Å². The van der Waals surface area contributed by atoms with Crippen molar-refractivity contribution in [1.82, 2.24) is 4.57 Å². The molecule has 0 amide bonds. The molecule has 1 heterocycles. The molecule has 1 saturated carbocycles. The van der Waals surface area contributed by atoms with Crippen molar-refractivity contribution in [3.8, 4) is 0 Å². The van der Waals surface area contributed by atoms with Crippen molar-refractivity contribution in [2.75, 3.05) is 0 Å². The third-order valence-electron chi connectivity index (χ3n) is 3.65. The van der Waals surface area contributed by atoms with Crippen LogP contribution in [0.1, 0.15) is 50.9 Å². The van der Waals surface area contributed by atoms with Gasteiger partial charge in [0.1, 0.15) is 6.17 Å². The first-order chi connectivity index (χ1) is 8.50. The molecule has 0 radical (unpaired) electrons. The van der Waals surface area contributed by atoms with Crippen molar-refractivity contribution < 1.29 is 9.18 Å². The molecule has 0 saturated heterocycles. The Morgan fingerprint density at radius 3 is 2.83 bits per heavy atom. The predicted molar refractivity (Wildman–Crippen MR) is 67.3 cm³/mol. The number of carbonyl (C=O) groups excluding carboxylic acids is 1. The number of carbonyl (C=O) groups is 1. The molecule has 1 aromatic rings. The van der Waals surface area contributed by atoms with Gasteiger partial charge in [-0.15, -0.1) is 0 Å². The van der Waals surface area contributed by atoms with Gasteiger partial charge < -0.3 is 4.57 Å². The molecule has 0 aliphatic heterocycles. The Morgan fingerprint density at radius 1 is 1.44 bits per heavy atom. The topological polar surface area (TPSA) is 39.1 Å². The zero-order valence-corrected chi connectivity index (χ0v) is 10.7. The van der Waals surface area contributed by atoms with Gasteiger partial charge in [0.2, 0.25) is 0 Å². The summed E-state index contributed by atoms with van der Waals surface area (Å²) in [6.07, 6.45) is 2.34. The summed E-state index contributed by atoms with van der Waals surface area (Å²) >= 11 is 0. The molecule has 1 aromatic heterocycles. The average molecular weight is 251 g/mol. The van der Waals surface area contributed by atoms with Gasteiger partial charge in [-0.3, -0.25) is 9.59 Å². The molecular formula is C14H18FNO2. The second-order valence-electron chi connectivity index (χ2n) is 5.15. The van der Waals surface area contributed by atoms with Crippen molar-refractivity contribution in [3.63, 3.8) is 0 Å². The van der Waals surface area contributed by atoms with E-state index in [1.165, 1.54) is 17.6 Å². The third-order valence-corrected chi connectivity index (χ3v) is 3.65. The Bertz CT molecular complexity index is 507. The lowest BCUT2D eigenvalue weighted by Crippen LogP contribution is -2.35. The fourth-order valence-electron chi connectivity index (χ4n) is 2.53. The average Bonchev–Trinajstić information content (AvgIpc) is 2.32. The maximum Gasteiger partial charge on any atom is 0.257 e. The summed E-state index contributed by atoms with van der Waals surface area (Å²) in [6, 6.07) is 2.71. The lowest BCUT2D eigenvalue weighted by Gasteiger charge is -2.27. The molecular weight excluding hydrogens is 233 g/mol. The quantitative estimate of drug-likeness (QED) is 0.810. The standard InChI is InChI=1S/C14H18FNO2/c1-9-5-6-13(17)12(8-9)16-7-3-4-11(10(2)15)14(16)18/h3-4,7,9-10,12H,5-6,8H2,1-2H3. The fraction of sp³-hybridized carbons (Fsp3) is 0.571. The fourth-order valence-corrected chi connectivity index (χ4v) is 2.53. The Balaban J connectivity index is 2.41. The highest BCUT2D eigenvalue weighted by Gasteiger charge is 2.29. The number of rotatable bonds is 2. The van der Waals surface area contributed by atoms with E-state index in [2.05, 4.69) is 6.92 Å². The highest BCUT2D eigenvalue weighted by Crippen LogP contribution is 2.29.